The number of nitrogen functional groups attached to an aromatic ring is 1. The molecular weight excluding hydrogens is 316 g/mol. The fraction of sp³-hybridized carbons (Fsp3) is 0.0625. The van der Waals surface area contributed by atoms with Crippen LogP contribution in [0.3, 0.4) is 0 Å². The van der Waals surface area contributed by atoms with Crippen LogP contribution in [0.1, 0.15) is 5.56 Å². The molecule has 0 radical (unpaired) electrons. The molecule has 1 heterocycles. The van der Waals surface area contributed by atoms with E-state index in [0.29, 0.717) is 5.88 Å². The molecule has 3 rings (SSSR count). The van der Waals surface area contributed by atoms with Crippen molar-refractivity contribution in [3.05, 3.63) is 58.6 Å². The summed E-state index contributed by atoms with van der Waals surface area (Å²) in [7, 11) is 0. The van der Waals surface area contributed by atoms with E-state index in [-0.39, 0.29) is 0 Å². The molecule has 0 amide bonds. The van der Waals surface area contributed by atoms with Gasteiger partial charge in [-0.2, -0.15) is 0 Å². The number of benzene rings is 2. The zero-order valence-corrected chi connectivity index (χ0v) is 12.5. The van der Waals surface area contributed by atoms with Gasteiger partial charge < -0.3 is 10.3 Å². The Labute approximate surface area is 125 Å². The minimum Gasteiger partial charge on any atom is -0.367 e. The molecule has 0 fully saturated rings. The normalized spacial score (nSPS) is 10.7. The van der Waals surface area contributed by atoms with E-state index >= 15 is 0 Å². The lowest BCUT2D eigenvalue weighted by atomic mass is 10.00. The number of hydrogen-bond acceptors (Lipinski definition) is 3. The fourth-order valence-electron chi connectivity index (χ4n) is 2.19. The second-order valence-corrected chi connectivity index (χ2v) is 5.56. The molecule has 100 valence electrons. The van der Waals surface area contributed by atoms with Gasteiger partial charge in [0.15, 0.2) is 0 Å². The van der Waals surface area contributed by atoms with Crippen molar-refractivity contribution in [1.82, 2.24) is 5.16 Å². The molecule has 1 aromatic heterocycles. The number of rotatable bonds is 2. The van der Waals surface area contributed by atoms with Crippen molar-refractivity contribution in [2.24, 2.45) is 0 Å². The molecule has 20 heavy (non-hydrogen) atoms. The highest BCUT2D eigenvalue weighted by atomic mass is 79.9. The lowest BCUT2D eigenvalue weighted by molar-refractivity contribution is 0.439. The summed E-state index contributed by atoms with van der Waals surface area (Å²) in [5.41, 5.74) is 10.7. The van der Waals surface area contributed by atoms with Gasteiger partial charge in [0.1, 0.15) is 5.69 Å². The van der Waals surface area contributed by atoms with E-state index in [1.54, 1.807) is 0 Å². The molecule has 4 heteroatoms. The summed E-state index contributed by atoms with van der Waals surface area (Å²) in [4.78, 5) is 0. The summed E-state index contributed by atoms with van der Waals surface area (Å²) < 4.78 is 6.21. The van der Waals surface area contributed by atoms with Gasteiger partial charge in [-0.25, -0.2) is 0 Å². The van der Waals surface area contributed by atoms with Gasteiger partial charge >= 0.3 is 0 Å². The Morgan fingerprint density at radius 1 is 1.05 bits per heavy atom. The third kappa shape index (κ3) is 2.34. The zero-order chi connectivity index (χ0) is 14.1. The van der Waals surface area contributed by atoms with Crippen molar-refractivity contribution < 1.29 is 4.52 Å². The highest BCUT2D eigenvalue weighted by Crippen LogP contribution is 2.36. The first-order valence-electron chi connectivity index (χ1n) is 6.23. The minimum atomic E-state index is 0.337. The second kappa shape index (κ2) is 5.13. The summed E-state index contributed by atoms with van der Waals surface area (Å²) in [5.74, 6) is 0.337. The van der Waals surface area contributed by atoms with Gasteiger partial charge in [-0.3, -0.25) is 0 Å². The topological polar surface area (TPSA) is 52.0 Å². The van der Waals surface area contributed by atoms with E-state index in [9.17, 15) is 0 Å². The Morgan fingerprint density at radius 3 is 2.50 bits per heavy atom. The average Bonchev–Trinajstić information content (AvgIpc) is 2.82. The highest BCUT2D eigenvalue weighted by Gasteiger charge is 2.17. The maximum atomic E-state index is 5.95. The Kier molecular flexibility index (Phi) is 3.32. The molecule has 0 spiro atoms. The summed E-state index contributed by atoms with van der Waals surface area (Å²) in [6.45, 7) is 2.05. The smallest absolute Gasteiger partial charge is 0.230 e. The van der Waals surface area contributed by atoms with E-state index < -0.39 is 0 Å². The van der Waals surface area contributed by atoms with Crippen LogP contribution in [0.15, 0.2) is 57.5 Å². The van der Waals surface area contributed by atoms with Gasteiger partial charge in [0.05, 0.1) is 5.56 Å². The van der Waals surface area contributed by atoms with Crippen LogP contribution in [-0.2, 0) is 0 Å². The van der Waals surface area contributed by atoms with Crippen LogP contribution < -0.4 is 5.73 Å². The van der Waals surface area contributed by atoms with Crippen molar-refractivity contribution in [1.29, 1.82) is 0 Å². The Bertz CT molecular complexity index is 747. The minimum absolute atomic E-state index is 0.337. The van der Waals surface area contributed by atoms with Crippen LogP contribution in [0.2, 0.25) is 0 Å². The van der Waals surface area contributed by atoms with Crippen molar-refractivity contribution in [3.8, 4) is 22.4 Å². The first-order valence-corrected chi connectivity index (χ1v) is 7.02. The van der Waals surface area contributed by atoms with Crippen LogP contribution >= 0.6 is 15.9 Å². The highest BCUT2D eigenvalue weighted by molar-refractivity contribution is 9.10. The second-order valence-electron chi connectivity index (χ2n) is 4.65. The number of nitrogens with two attached hydrogens (primary N) is 1. The Morgan fingerprint density at radius 2 is 1.80 bits per heavy atom. The maximum absolute atomic E-state index is 5.95. The van der Waals surface area contributed by atoms with Gasteiger partial charge in [-0.05, 0) is 30.7 Å². The van der Waals surface area contributed by atoms with Gasteiger partial charge in [0, 0.05) is 10.0 Å². The van der Waals surface area contributed by atoms with Crippen molar-refractivity contribution in [3.63, 3.8) is 0 Å². The largest absolute Gasteiger partial charge is 0.367 e. The molecule has 0 aliphatic heterocycles. The Balaban J connectivity index is 2.17. The maximum Gasteiger partial charge on any atom is 0.230 e. The first-order chi connectivity index (χ1) is 9.65. The zero-order valence-electron chi connectivity index (χ0n) is 10.9. The lowest BCUT2D eigenvalue weighted by Crippen LogP contribution is -1.88. The van der Waals surface area contributed by atoms with Gasteiger partial charge in [0.25, 0.3) is 0 Å². The van der Waals surface area contributed by atoms with Crippen LogP contribution in [0.5, 0.6) is 0 Å². The lowest BCUT2D eigenvalue weighted by Gasteiger charge is -2.04. The van der Waals surface area contributed by atoms with Gasteiger partial charge in [0.2, 0.25) is 5.88 Å². The Hall–Kier alpha value is -2.07. The summed E-state index contributed by atoms with van der Waals surface area (Å²) in [6, 6.07) is 16.1. The van der Waals surface area contributed by atoms with Crippen molar-refractivity contribution >= 4 is 21.8 Å². The van der Waals surface area contributed by atoms with Crippen LogP contribution in [0.4, 0.5) is 5.88 Å². The van der Waals surface area contributed by atoms with E-state index in [0.717, 1.165) is 26.9 Å². The molecule has 0 aliphatic carbocycles. The standard InChI is InChI=1S/C16H13BrN2O/c1-10-3-2-4-12(9-10)15-14(16(18)20-19-15)11-5-7-13(17)8-6-11/h2-9H,18H2,1H3. The van der Waals surface area contributed by atoms with Crippen LogP contribution in [-0.4, -0.2) is 5.16 Å². The first kappa shape index (κ1) is 12.9. The number of nitrogens with zero attached hydrogens (tertiary/aromatic N) is 1. The molecule has 3 nitrogen and oxygen atoms in total. The molecular formula is C16H13BrN2O. The number of halogens is 1. The van der Waals surface area contributed by atoms with E-state index in [1.807, 2.05) is 49.4 Å². The van der Waals surface area contributed by atoms with Gasteiger partial charge in [-0.1, -0.05) is 57.0 Å². The molecule has 0 unspecified atom stereocenters. The molecule has 0 saturated carbocycles. The SMILES string of the molecule is Cc1cccc(-c2noc(N)c2-c2ccc(Br)cc2)c1. The molecule has 0 saturated heterocycles. The summed E-state index contributed by atoms with van der Waals surface area (Å²) in [5, 5.41) is 4.11. The number of anilines is 1. The van der Waals surface area contributed by atoms with E-state index in [2.05, 4.69) is 27.2 Å². The predicted octanol–water partition coefficient (Wildman–Crippen LogP) is 4.66. The number of aryl methyl sites for hydroxylation is 1. The predicted molar refractivity (Wildman–Crippen MR) is 84.2 cm³/mol. The van der Waals surface area contributed by atoms with Gasteiger partial charge in [-0.15, -0.1) is 0 Å². The monoisotopic (exact) mass is 328 g/mol. The van der Waals surface area contributed by atoms with E-state index in [1.165, 1.54) is 5.56 Å². The molecule has 0 atom stereocenters. The summed E-state index contributed by atoms with van der Waals surface area (Å²) in [6.07, 6.45) is 0. The summed E-state index contributed by atoms with van der Waals surface area (Å²) >= 11 is 3.43. The number of hydrogen-bond donors (Lipinski definition) is 1. The molecule has 0 bridgehead atoms. The molecule has 0 aliphatic rings. The number of aromatic nitrogens is 1. The van der Waals surface area contributed by atoms with Crippen molar-refractivity contribution in [2.45, 2.75) is 6.92 Å². The van der Waals surface area contributed by atoms with Crippen LogP contribution in [0.25, 0.3) is 22.4 Å². The quantitative estimate of drug-likeness (QED) is 0.744. The fourth-order valence-corrected chi connectivity index (χ4v) is 2.45. The molecule has 3 aromatic rings. The molecule has 2 N–H and O–H groups in total. The average molecular weight is 329 g/mol. The van der Waals surface area contributed by atoms with Crippen molar-refractivity contribution in [2.75, 3.05) is 5.73 Å². The third-order valence-corrected chi connectivity index (χ3v) is 3.67. The van der Waals surface area contributed by atoms with Crippen LogP contribution in [0, 0.1) is 6.92 Å². The third-order valence-electron chi connectivity index (χ3n) is 3.14. The molecule has 2 aromatic carbocycles. The van der Waals surface area contributed by atoms with E-state index in [4.69, 9.17) is 10.3 Å².